The first-order chi connectivity index (χ1) is 12.1. The van der Waals surface area contributed by atoms with Gasteiger partial charge in [-0.3, -0.25) is 10.1 Å². The summed E-state index contributed by atoms with van der Waals surface area (Å²) in [4.78, 5) is 11.9. The minimum absolute atomic E-state index is 0.168. The summed E-state index contributed by atoms with van der Waals surface area (Å²) in [5, 5.41) is 19.2. The van der Waals surface area contributed by atoms with Crippen LogP contribution in [-0.2, 0) is 10.5 Å². The second-order valence-electron chi connectivity index (χ2n) is 4.53. The summed E-state index contributed by atoms with van der Waals surface area (Å²) in [5.74, 6) is 0.837. The van der Waals surface area contributed by atoms with Crippen molar-refractivity contribution in [1.29, 1.82) is 0 Å². The SMILES string of the molecule is Nc1nnc(SCC(=O)Nc2nnc(SCc3cccc(Br)c3)s2)s1. The molecule has 0 aliphatic heterocycles. The number of benzene rings is 1. The third-order valence-electron chi connectivity index (χ3n) is 2.65. The van der Waals surface area contributed by atoms with Crippen molar-refractivity contribution < 1.29 is 4.79 Å². The highest BCUT2D eigenvalue weighted by atomic mass is 79.9. The smallest absolute Gasteiger partial charge is 0.236 e. The number of carbonyl (C=O) groups is 1. The number of nitrogens with one attached hydrogen (secondary N) is 1. The second kappa shape index (κ2) is 8.94. The fourth-order valence-corrected chi connectivity index (χ4v) is 5.25. The topological polar surface area (TPSA) is 107 Å². The molecule has 25 heavy (non-hydrogen) atoms. The van der Waals surface area contributed by atoms with E-state index < -0.39 is 0 Å². The van der Waals surface area contributed by atoms with Crippen molar-refractivity contribution >= 4 is 78.3 Å². The Bertz CT molecular complexity index is 870. The number of hydrogen-bond acceptors (Lipinski definition) is 10. The van der Waals surface area contributed by atoms with Crippen LogP contribution in [0.2, 0.25) is 0 Å². The zero-order valence-corrected chi connectivity index (χ0v) is 17.4. The Morgan fingerprint density at radius 1 is 1.16 bits per heavy atom. The van der Waals surface area contributed by atoms with Crippen LogP contribution in [0.4, 0.5) is 10.3 Å². The molecule has 1 amide bonds. The van der Waals surface area contributed by atoms with Gasteiger partial charge in [-0.25, -0.2) is 0 Å². The molecule has 0 bridgehead atoms. The van der Waals surface area contributed by atoms with Gasteiger partial charge in [0.1, 0.15) is 0 Å². The van der Waals surface area contributed by atoms with Gasteiger partial charge in [-0.05, 0) is 17.7 Å². The van der Waals surface area contributed by atoms with Crippen LogP contribution in [0, 0.1) is 0 Å². The van der Waals surface area contributed by atoms with Crippen LogP contribution in [0.25, 0.3) is 0 Å². The van der Waals surface area contributed by atoms with Crippen LogP contribution < -0.4 is 11.1 Å². The monoisotopic (exact) mass is 474 g/mol. The summed E-state index contributed by atoms with van der Waals surface area (Å²) in [5.41, 5.74) is 6.69. The van der Waals surface area contributed by atoms with Gasteiger partial charge in [0.05, 0.1) is 5.75 Å². The first kappa shape index (κ1) is 18.6. The molecular formula is C13H11BrN6OS4. The molecule has 0 spiro atoms. The van der Waals surface area contributed by atoms with Gasteiger partial charge in [0.2, 0.25) is 16.2 Å². The number of nitrogens with two attached hydrogens (primary N) is 1. The summed E-state index contributed by atoms with van der Waals surface area (Å²) in [7, 11) is 0. The van der Waals surface area contributed by atoms with Crippen LogP contribution in [0.15, 0.2) is 37.4 Å². The molecule has 0 radical (unpaired) electrons. The summed E-state index contributed by atoms with van der Waals surface area (Å²) >= 11 is 8.92. The van der Waals surface area contributed by atoms with E-state index in [2.05, 4.69) is 53.8 Å². The Labute approximate surface area is 168 Å². The second-order valence-corrected chi connectivity index (χ2v) is 9.88. The van der Waals surface area contributed by atoms with Gasteiger partial charge in [-0.2, -0.15) is 0 Å². The first-order valence-electron chi connectivity index (χ1n) is 6.81. The molecule has 0 unspecified atom stereocenters. The van der Waals surface area contributed by atoms with Gasteiger partial charge in [0.25, 0.3) is 0 Å². The van der Waals surface area contributed by atoms with Crippen LogP contribution in [0.5, 0.6) is 0 Å². The van der Waals surface area contributed by atoms with Crippen molar-refractivity contribution in [2.75, 3.05) is 16.8 Å². The van der Waals surface area contributed by atoms with E-state index in [1.165, 1.54) is 40.0 Å². The van der Waals surface area contributed by atoms with Crippen LogP contribution in [0.1, 0.15) is 5.56 Å². The molecule has 12 heteroatoms. The summed E-state index contributed by atoms with van der Waals surface area (Å²) in [6.45, 7) is 0. The molecule has 0 fully saturated rings. The molecule has 2 heterocycles. The predicted octanol–water partition coefficient (Wildman–Crippen LogP) is 3.76. The molecule has 0 atom stereocenters. The third-order valence-corrected chi connectivity index (χ3v) is 7.08. The Kier molecular flexibility index (Phi) is 6.64. The molecule has 3 N–H and O–H groups in total. The molecule has 0 aliphatic carbocycles. The third kappa shape index (κ3) is 5.92. The van der Waals surface area contributed by atoms with E-state index in [1.807, 2.05) is 12.1 Å². The van der Waals surface area contributed by atoms with Gasteiger partial charge in [0.15, 0.2) is 8.68 Å². The van der Waals surface area contributed by atoms with E-state index in [4.69, 9.17) is 5.73 Å². The Hall–Kier alpha value is -1.21. The zero-order valence-electron chi connectivity index (χ0n) is 12.5. The molecule has 3 aromatic rings. The Balaban J connectivity index is 1.46. The lowest BCUT2D eigenvalue weighted by molar-refractivity contribution is -0.113. The largest absolute Gasteiger partial charge is 0.374 e. The lowest BCUT2D eigenvalue weighted by Crippen LogP contribution is -2.13. The highest BCUT2D eigenvalue weighted by Crippen LogP contribution is 2.29. The highest BCUT2D eigenvalue weighted by molar-refractivity contribution is 9.10. The molecule has 0 saturated heterocycles. The molecule has 0 aliphatic rings. The predicted molar refractivity (Wildman–Crippen MR) is 107 cm³/mol. The number of anilines is 2. The molecule has 0 saturated carbocycles. The van der Waals surface area contributed by atoms with E-state index in [-0.39, 0.29) is 11.7 Å². The van der Waals surface area contributed by atoms with E-state index in [9.17, 15) is 4.79 Å². The number of nitrogens with zero attached hydrogens (tertiary/aromatic N) is 4. The molecule has 7 nitrogen and oxygen atoms in total. The van der Waals surface area contributed by atoms with Crippen molar-refractivity contribution in [3.05, 3.63) is 34.3 Å². The van der Waals surface area contributed by atoms with Crippen LogP contribution in [-0.4, -0.2) is 32.1 Å². The minimum atomic E-state index is -0.168. The van der Waals surface area contributed by atoms with Gasteiger partial charge in [0, 0.05) is 10.2 Å². The summed E-state index contributed by atoms with van der Waals surface area (Å²) in [6.07, 6.45) is 0. The molecular weight excluding hydrogens is 464 g/mol. The lowest BCUT2D eigenvalue weighted by Gasteiger charge is -1.99. The minimum Gasteiger partial charge on any atom is -0.374 e. The number of rotatable bonds is 7. The van der Waals surface area contributed by atoms with Crippen molar-refractivity contribution in [3.63, 3.8) is 0 Å². The summed E-state index contributed by atoms with van der Waals surface area (Å²) in [6, 6.07) is 8.10. The Morgan fingerprint density at radius 3 is 2.72 bits per heavy atom. The zero-order chi connectivity index (χ0) is 17.6. The van der Waals surface area contributed by atoms with E-state index in [0.29, 0.717) is 14.6 Å². The van der Waals surface area contributed by atoms with Crippen molar-refractivity contribution in [1.82, 2.24) is 20.4 Å². The lowest BCUT2D eigenvalue weighted by atomic mass is 10.2. The molecule has 2 aromatic heterocycles. The van der Waals surface area contributed by atoms with Crippen molar-refractivity contribution in [2.45, 2.75) is 14.4 Å². The first-order valence-corrected chi connectivity index (χ1v) is 11.2. The number of hydrogen-bond donors (Lipinski definition) is 2. The van der Waals surface area contributed by atoms with E-state index in [1.54, 1.807) is 11.8 Å². The highest BCUT2D eigenvalue weighted by Gasteiger charge is 2.11. The maximum atomic E-state index is 11.9. The number of halogens is 1. The summed E-state index contributed by atoms with van der Waals surface area (Å²) < 4.78 is 2.51. The van der Waals surface area contributed by atoms with Crippen LogP contribution in [0.3, 0.4) is 0 Å². The normalized spacial score (nSPS) is 10.8. The fourth-order valence-electron chi connectivity index (χ4n) is 1.65. The van der Waals surface area contributed by atoms with E-state index in [0.717, 1.165) is 14.6 Å². The maximum absolute atomic E-state index is 11.9. The fraction of sp³-hybridized carbons (Fsp3) is 0.154. The maximum Gasteiger partial charge on any atom is 0.236 e. The molecule has 3 rings (SSSR count). The van der Waals surface area contributed by atoms with Crippen molar-refractivity contribution in [3.8, 4) is 0 Å². The van der Waals surface area contributed by atoms with Crippen molar-refractivity contribution in [2.24, 2.45) is 0 Å². The van der Waals surface area contributed by atoms with Gasteiger partial charge in [-0.1, -0.05) is 74.3 Å². The van der Waals surface area contributed by atoms with Gasteiger partial charge < -0.3 is 5.73 Å². The average molecular weight is 475 g/mol. The molecule has 130 valence electrons. The van der Waals surface area contributed by atoms with Gasteiger partial charge >= 0.3 is 0 Å². The number of aromatic nitrogens is 4. The number of amides is 1. The quantitative estimate of drug-likeness (QED) is 0.393. The van der Waals surface area contributed by atoms with Crippen LogP contribution >= 0.6 is 62.1 Å². The number of thioether (sulfide) groups is 2. The van der Waals surface area contributed by atoms with E-state index >= 15 is 0 Å². The van der Waals surface area contributed by atoms with Gasteiger partial charge in [-0.15, -0.1) is 20.4 Å². The molecule has 1 aromatic carbocycles. The average Bonchev–Trinajstić information content (AvgIpc) is 3.20. The number of nitrogen functional groups attached to an aromatic ring is 1. The Morgan fingerprint density at radius 2 is 1.96 bits per heavy atom. The standard InChI is InChI=1S/C13H11BrN6OS4/c14-8-3-1-2-7(4-8)5-22-13-20-18-11(25-13)16-9(21)6-23-12-19-17-10(15)24-12/h1-4H,5-6H2,(H2,15,17)(H,16,18,21). The number of carbonyl (C=O) groups excluding carboxylic acids is 1.